The fourth-order valence-electron chi connectivity index (χ4n) is 2.17. The van der Waals surface area contributed by atoms with E-state index in [2.05, 4.69) is 16.2 Å². The smallest absolute Gasteiger partial charge is 0.212 e. The summed E-state index contributed by atoms with van der Waals surface area (Å²) < 4.78 is 26.0. The minimum absolute atomic E-state index is 0.0112. The number of nitrogens with one attached hydrogen (secondary N) is 1. The first-order valence-electron chi connectivity index (χ1n) is 6.37. The van der Waals surface area contributed by atoms with E-state index in [1.807, 2.05) is 6.92 Å². The van der Waals surface area contributed by atoms with E-state index < -0.39 is 10.0 Å². The Morgan fingerprint density at radius 1 is 1.35 bits per heavy atom. The van der Waals surface area contributed by atoms with Crippen molar-refractivity contribution in [2.24, 2.45) is 0 Å². The van der Waals surface area contributed by atoms with Gasteiger partial charge >= 0.3 is 0 Å². The molecule has 0 aromatic heterocycles. The molecule has 1 atom stereocenters. The van der Waals surface area contributed by atoms with Crippen LogP contribution in [-0.4, -0.2) is 44.7 Å². The molecule has 1 N–H and O–H groups in total. The Hall–Kier alpha value is -0.390. The molecule has 0 radical (unpaired) electrons. The zero-order valence-electron chi connectivity index (χ0n) is 10.7. The van der Waals surface area contributed by atoms with E-state index in [0.717, 1.165) is 19.6 Å². The molecule has 0 spiro atoms. The first-order valence-corrected chi connectivity index (χ1v) is 8.02. The van der Waals surface area contributed by atoms with Gasteiger partial charge in [-0.05, 0) is 39.3 Å². The molecule has 1 unspecified atom stereocenters. The first-order chi connectivity index (χ1) is 8.03. The third-order valence-corrected chi connectivity index (χ3v) is 4.49. The molecule has 0 saturated carbocycles. The topological polar surface area (TPSA) is 49.4 Å². The van der Waals surface area contributed by atoms with E-state index in [0.29, 0.717) is 6.42 Å². The van der Waals surface area contributed by atoms with Gasteiger partial charge in [-0.1, -0.05) is 12.5 Å². The lowest BCUT2D eigenvalue weighted by atomic mass is 10.1. The summed E-state index contributed by atoms with van der Waals surface area (Å²) in [5.74, 6) is 0.140. The molecule has 1 rings (SSSR count). The maximum Gasteiger partial charge on any atom is 0.212 e. The summed E-state index contributed by atoms with van der Waals surface area (Å²) in [6.07, 6.45) is 5.90. The molecule has 1 fully saturated rings. The second kappa shape index (κ2) is 7.13. The van der Waals surface area contributed by atoms with E-state index in [1.54, 1.807) is 6.08 Å². The van der Waals surface area contributed by atoms with Gasteiger partial charge in [0.05, 0.1) is 5.75 Å². The van der Waals surface area contributed by atoms with Gasteiger partial charge in [0.2, 0.25) is 10.0 Å². The summed E-state index contributed by atoms with van der Waals surface area (Å²) in [5.41, 5.74) is 0. The first kappa shape index (κ1) is 14.7. The molecule has 0 aromatic rings. The Bertz CT molecular complexity index is 321. The van der Waals surface area contributed by atoms with Gasteiger partial charge in [0.25, 0.3) is 0 Å². The normalized spacial score (nSPS) is 20.1. The molecular weight excluding hydrogens is 236 g/mol. The zero-order chi connectivity index (χ0) is 12.7. The molecule has 1 aliphatic rings. The highest BCUT2D eigenvalue weighted by molar-refractivity contribution is 7.89. The van der Waals surface area contributed by atoms with Gasteiger partial charge in [-0.15, -0.1) is 6.58 Å². The maximum absolute atomic E-state index is 11.7. The molecule has 1 aliphatic heterocycles. The van der Waals surface area contributed by atoms with Gasteiger partial charge in [-0.3, -0.25) is 0 Å². The van der Waals surface area contributed by atoms with Crippen molar-refractivity contribution in [1.82, 2.24) is 9.62 Å². The van der Waals surface area contributed by atoms with Crippen LogP contribution < -0.4 is 4.72 Å². The average molecular weight is 260 g/mol. The summed E-state index contributed by atoms with van der Waals surface area (Å²) >= 11 is 0. The minimum atomic E-state index is -3.14. The lowest BCUT2D eigenvalue weighted by Gasteiger charge is -2.29. The number of sulfonamides is 1. The van der Waals surface area contributed by atoms with Gasteiger partial charge in [-0.25, -0.2) is 13.1 Å². The second-order valence-electron chi connectivity index (χ2n) is 4.78. The molecule has 1 saturated heterocycles. The Kier molecular flexibility index (Phi) is 6.16. The van der Waals surface area contributed by atoms with Crippen LogP contribution in [0.5, 0.6) is 0 Å². The van der Waals surface area contributed by atoms with E-state index in [-0.39, 0.29) is 11.8 Å². The molecule has 0 bridgehead atoms. The summed E-state index contributed by atoms with van der Waals surface area (Å²) in [6.45, 7) is 8.47. The van der Waals surface area contributed by atoms with Crippen molar-refractivity contribution in [3.05, 3.63) is 12.7 Å². The second-order valence-corrected chi connectivity index (χ2v) is 6.65. The molecule has 4 nitrogen and oxygen atoms in total. The minimum Gasteiger partial charge on any atom is -0.302 e. The zero-order valence-corrected chi connectivity index (χ0v) is 11.5. The molecule has 5 heteroatoms. The number of likely N-dealkylation sites (tertiary alicyclic amines) is 1. The average Bonchev–Trinajstić information content (AvgIpc) is 2.27. The lowest BCUT2D eigenvalue weighted by molar-refractivity contribution is 0.215. The van der Waals surface area contributed by atoms with E-state index >= 15 is 0 Å². The third-order valence-electron chi connectivity index (χ3n) is 2.95. The van der Waals surface area contributed by atoms with Crippen molar-refractivity contribution in [3.63, 3.8) is 0 Å². The van der Waals surface area contributed by atoms with Crippen LogP contribution in [-0.2, 0) is 10.0 Å². The Labute approximate surface area is 105 Å². The number of rotatable bonds is 7. The van der Waals surface area contributed by atoms with Crippen molar-refractivity contribution in [3.8, 4) is 0 Å². The van der Waals surface area contributed by atoms with Crippen molar-refractivity contribution in [1.29, 1.82) is 0 Å². The molecular formula is C12H24N2O2S. The number of hydrogen-bond acceptors (Lipinski definition) is 3. The quantitative estimate of drug-likeness (QED) is 0.703. The number of nitrogens with zero attached hydrogens (tertiary/aromatic N) is 1. The standard InChI is InChI=1S/C12H24N2O2S/c1-3-4-10-17(15,16)13-12(2)11-14-8-6-5-7-9-14/h3,12-13H,1,4-11H2,2H3. The number of piperidine rings is 1. The van der Waals surface area contributed by atoms with Crippen LogP contribution >= 0.6 is 0 Å². The maximum atomic E-state index is 11.7. The monoisotopic (exact) mass is 260 g/mol. The highest BCUT2D eigenvalue weighted by Gasteiger charge is 2.17. The predicted molar refractivity (Wildman–Crippen MR) is 71.5 cm³/mol. The number of hydrogen-bond donors (Lipinski definition) is 1. The van der Waals surface area contributed by atoms with Crippen LogP contribution in [0.3, 0.4) is 0 Å². The largest absolute Gasteiger partial charge is 0.302 e. The van der Waals surface area contributed by atoms with Crippen molar-refractivity contribution in [2.75, 3.05) is 25.4 Å². The van der Waals surface area contributed by atoms with Crippen LogP contribution in [0, 0.1) is 0 Å². The Morgan fingerprint density at radius 3 is 2.59 bits per heavy atom. The highest BCUT2D eigenvalue weighted by Crippen LogP contribution is 2.09. The molecule has 0 amide bonds. The Morgan fingerprint density at radius 2 is 2.00 bits per heavy atom. The van der Waals surface area contributed by atoms with Crippen LogP contribution in [0.1, 0.15) is 32.6 Å². The Balaban J connectivity index is 2.32. The molecule has 0 aliphatic carbocycles. The molecule has 0 aromatic carbocycles. The number of allylic oxidation sites excluding steroid dienone is 1. The predicted octanol–water partition coefficient (Wildman–Crippen LogP) is 1.36. The van der Waals surface area contributed by atoms with E-state index in [4.69, 9.17) is 0 Å². The summed E-state index contributed by atoms with van der Waals surface area (Å²) in [4.78, 5) is 2.34. The summed E-state index contributed by atoms with van der Waals surface area (Å²) in [7, 11) is -3.14. The van der Waals surface area contributed by atoms with Gasteiger partial charge in [0.15, 0.2) is 0 Å². The third kappa shape index (κ3) is 6.19. The van der Waals surface area contributed by atoms with Crippen molar-refractivity contribution in [2.45, 2.75) is 38.6 Å². The highest BCUT2D eigenvalue weighted by atomic mass is 32.2. The van der Waals surface area contributed by atoms with Crippen LogP contribution in [0.15, 0.2) is 12.7 Å². The van der Waals surface area contributed by atoms with Crippen LogP contribution in [0.25, 0.3) is 0 Å². The van der Waals surface area contributed by atoms with Gasteiger partial charge in [0, 0.05) is 12.6 Å². The molecule has 17 heavy (non-hydrogen) atoms. The molecule has 100 valence electrons. The van der Waals surface area contributed by atoms with Gasteiger partial charge < -0.3 is 4.90 Å². The van der Waals surface area contributed by atoms with Crippen LogP contribution in [0.4, 0.5) is 0 Å². The van der Waals surface area contributed by atoms with E-state index in [1.165, 1.54) is 19.3 Å². The van der Waals surface area contributed by atoms with Gasteiger partial charge in [0.1, 0.15) is 0 Å². The summed E-state index contributed by atoms with van der Waals surface area (Å²) in [6, 6.07) is -0.0112. The van der Waals surface area contributed by atoms with Crippen molar-refractivity contribution >= 4 is 10.0 Å². The summed E-state index contributed by atoms with van der Waals surface area (Å²) in [5, 5.41) is 0. The lowest BCUT2D eigenvalue weighted by Crippen LogP contribution is -2.44. The molecule has 1 heterocycles. The van der Waals surface area contributed by atoms with E-state index in [9.17, 15) is 8.42 Å². The van der Waals surface area contributed by atoms with Crippen LogP contribution in [0.2, 0.25) is 0 Å². The SMILES string of the molecule is C=CCCS(=O)(=O)NC(C)CN1CCCCC1. The van der Waals surface area contributed by atoms with Gasteiger partial charge in [-0.2, -0.15) is 0 Å². The fraction of sp³-hybridized carbons (Fsp3) is 0.833. The van der Waals surface area contributed by atoms with Crippen molar-refractivity contribution < 1.29 is 8.42 Å². The fourth-order valence-corrected chi connectivity index (χ4v) is 3.45.